The molecule has 5 heteroatoms. The summed E-state index contributed by atoms with van der Waals surface area (Å²) in [7, 11) is 2.07. The largest absolute Gasteiger partial charge is 0.488 e. The molecule has 1 fully saturated rings. The van der Waals surface area contributed by atoms with Gasteiger partial charge in [0, 0.05) is 38.2 Å². The second kappa shape index (κ2) is 6.08. The van der Waals surface area contributed by atoms with Crippen LogP contribution in [0.1, 0.15) is 5.56 Å². The van der Waals surface area contributed by atoms with E-state index < -0.39 is 0 Å². The standard InChI is InChI=1S/C15H21FN2O2/c1-18(10-14-8-17-4-5-19-14)9-13-7-11-6-12(16)2-3-15(11)20-13/h2-3,6,13-14,17H,4-5,7-10H2,1H3. The molecule has 0 bridgehead atoms. The van der Waals surface area contributed by atoms with Crippen molar-refractivity contribution in [3.05, 3.63) is 29.6 Å². The highest BCUT2D eigenvalue weighted by Gasteiger charge is 2.25. The number of benzene rings is 1. The SMILES string of the molecule is CN(CC1CNCCO1)CC1Cc2cc(F)ccc2O1. The maximum absolute atomic E-state index is 13.2. The summed E-state index contributed by atoms with van der Waals surface area (Å²) in [6.45, 7) is 4.34. The van der Waals surface area contributed by atoms with Gasteiger partial charge >= 0.3 is 0 Å². The number of ether oxygens (including phenoxy) is 2. The van der Waals surface area contributed by atoms with Crippen molar-refractivity contribution < 1.29 is 13.9 Å². The molecule has 0 spiro atoms. The lowest BCUT2D eigenvalue weighted by Gasteiger charge is -2.29. The third-order valence-electron chi connectivity index (χ3n) is 3.80. The summed E-state index contributed by atoms with van der Waals surface area (Å²) in [5.74, 6) is 0.628. The molecule has 2 aliphatic rings. The first-order chi connectivity index (χ1) is 9.70. The molecule has 2 unspecified atom stereocenters. The van der Waals surface area contributed by atoms with Gasteiger partial charge in [0.2, 0.25) is 0 Å². The molecule has 110 valence electrons. The summed E-state index contributed by atoms with van der Waals surface area (Å²) in [5, 5.41) is 3.33. The summed E-state index contributed by atoms with van der Waals surface area (Å²) >= 11 is 0. The third kappa shape index (κ3) is 3.29. The van der Waals surface area contributed by atoms with Crippen molar-refractivity contribution >= 4 is 0 Å². The van der Waals surface area contributed by atoms with E-state index in [1.165, 1.54) is 6.07 Å². The molecule has 2 atom stereocenters. The van der Waals surface area contributed by atoms with Gasteiger partial charge in [0.05, 0.1) is 12.7 Å². The summed E-state index contributed by atoms with van der Waals surface area (Å²) in [5.41, 5.74) is 0.971. The topological polar surface area (TPSA) is 33.7 Å². The summed E-state index contributed by atoms with van der Waals surface area (Å²) in [4.78, 5) is 2.23. The molecule has 20 heavy (non-hydrogen) atoms. The Kier molecular flexibility index (Phi) is 4.19. The van der Waals surface area contributed by atoms with Crippen LogP contribution in [0, 0.1) is 5.82 Å². The van der Waals surface area contributed by atoms with E-state index in [0.29, 0.717) is 0 Å². The minimum absolute atomic E-state index is 0.105. The molecular formula is C15H21FN2O2. The fraction of sp³-hybridized carbons (Fsp3) is 0.600. The third-order valence-corrected chi connectivity index (χ3v) is 3.80. The van der Waals surface area contributed by atoms with E-state index in [-0.39, 0.29) is 18.0 Å². The number of likely N-dealkylation sites (N-methyl/N-ethyl adjacent to an activating group) is 1. The lowest BCUT2D eigenvalue weighted by molar-refractivity contribution is 0.00532. The van der Waals surface area contributed by atoms with Gasteiger partial charge < -0.3 is 19.7 Å². The predicted octanol–water partition coefficient (Wildman–Crippen LogP) is 1.05. The van der Waals surface area contributed by atoms with E-state index in [2.05, 4.69) is 17.3 Å². The molecule has 4 nitrogen and oxygen atoms in total. The van der Waals surface area contributed by atoms with Crippen molar-refractivity contribution in [2.24, 2.45) is 0 Å². The second-order valence-corrected chi connectivity index (χ2v) is 5.61. The van der Waals surface area contributed by atoms with Crippen LogP contribution < -0.4 is 10.1 Å². The zero-order valence-corrected chi connectivity index (χ0v) is 11.8. The fourth-order valence-corrected chi connectivity index (χ4v) is 2.90. The first-order valence-corrected chi connectivity index (χ1v) is 7.16. The molecule has 2 heterocycles. The van der Waals surface area contributed by atoms with Gasteiger partial charge in [0.1, 0.15) is 17.7 Å². The first-order valence-electron chi connectivity index (χ1n) is 7.16. The van der Waals surface area contributed by atoms with Crippen molar-refractivity contribution in [2.75, 3.05) is 39.8 Å². The average Bonchev–Trinajstić information content (AvgIpc) is 2.80. The highest BCUT2D eigenvalue weighted by molar-refractivity contribution is 5.37. The Morgan fingerprint density at radius 1 is 1.35 bits per heavy atom. The van der Waals surface area contributed by atoms with E-state index in [4.69, 9.17) is 9.47 Å². The van der Waals surface area contributed by atoms with Crippen LogP contribution in [0.15, 0.2) is 18.2 Å². The minimum Gasteiger partial charge on any atom is -0.488 e. The van der Waals surface area contributed by atoms with Gasteiger partial charge in [0.25, 0.3) is 0 Å². The Morgan fingerprint density at radius 3 is 3.00 bits per heavy atom. The smallest absolute Gasteiger partial charge is 0.123 e. The number of hydrogen-bond donors (Lipinski definition) is 1. The molecule has 2 aliphatic heterocycles. The van der Waals surface area contributed by atoms with Gasteiger partial charge in [-0.1, -0.05) is 0 Å². The van der Waals surface area contributed by atoms with E-state index in [9.17, 15) is 4.39 Å². The van der Waals surface area contributed by atoms with Gasteiger partial charge in [-0.05, 0) is 25.2 Å². The zero-order valence-electron chi connectivity index (χ0n) is 11.8. The highest BCUT2D eigenvalue weighted by atomic mass is 19.1. The number of halogens is 1. The molecule has 1 aromatic carbocycles. The van der Waals surface area contributed by atoms with Crippen LogP contribution in [0.25, 0.3) is 0 Å². The van der Waals surface area contributed by atoms with Gasteiger partial charge in [-0.3, -0.25) is 0 Å². The molecule has 1 aromatic rings. The van der Waals surface area contributed by atoms with Gasteiger partial charge in [-0.15, -0.1) is 0 Å². The molecule has 0 amide bonds. The molecule has 0 aliphatic carbocycles. The van der Waals surface area contributed by atoms with Crippen LogP contribution in [0.5, 0.6) is 5.75 Å². The quantitative estimate of drug-likeness (QED) is 0.894. The number of rotatable bonds is 4. The molecule has 0 aromatic heterocycles. The molecule has 1 saturated heterocycles. The predicted molar refractivity (Wildman–Crippen MR) is 74.6 cm³/mol. The van der Waals surface area contributed by atoms with Crippen molar-refractivity contribution in [3.8, 4) is 5.75 Å². The molecule has 0 radical (unpaired) electrons. The van der Waals surface area contributed by atoms with Crippen LogP contribution >= 0.6 is 0 Å². The Bertz CT molecular complexity index is 463. The van der Waals surface area contributed by atoms with Crippen LogP contribution in [0.2, 0.25) is 0 Å². The average molecular weight is 280 g/mol. The van der Waals surface area contributed by atoms with Crippen LogP contribution in [0.4, 0.5) is 4.39 Å². The highest BCUT2D eigenvalue weighted by Crippen LogP contribution is 2.29. The van der Waals surface area contributed by atoms with Gasteiger partial charge in [-0.25, -0.2) is 4.39 Å². The van der Waals surface area contributed by atoms with Crippen LogP contribution in [-0.2, 0) is 11.2 Å². The molecule has 3 rings (SSSR count). The molecular weight excluding hydrogens is 259 g/mol. The number of nitrogens with one attached hydrogen (secondary N) is 1. The summed E-state index contributed by atoms with van der Waals surface area (Å²) in [6.07, 6.45) is 1.13. The Balaban J connectivity index is 1.49. The van der Waals surface area contributed by atoms with Crippen LogP contribution in [0.3, 0.4) is 0 Å². The first kappa shape index (κ1) is 13.8. The van der Waals surface area contributed by atoms with E-state index in [0.717, 1.165) is 50.5 Å². The maximum atomic E-state index is 13.2. The van der Waals surface area contributed by atoms with Crippen LogP contribution in [-0.4, -0.2) is 56.9 Å². The van der Waals surface area contributed by atoms with Crippen molar-refractivity contribution in [2.45, 2.75) is 18.6 Å². The Hall–Kier alpha value is -1.17. The van der Waals surface area contributed by atoms with Crippen molar-refractivity contribution in [1.82, 2.24) is 10.2 Å². The number of fused-ring (bicyclic) bond motifs is 1. The van der Waals surface area contributed by atoms with Gasteiger partial charge in [-0.2, -0.15) is 0 Å². The van der Waals surface area contributed by atoms with E-state index in [1.54, 1.807) is 12.1 Å². The zero-order chi connectivity index (χ0) is 13.9. The normalized spacial score (nSPS) is 25.6. The Labute approximate surface area is 118 Å². The maximum Gasteiger partial charge on any atom is 0.123 e. The van der Waals surface area contributed by atoms with Crippen molar-refractivity contribution in [3.63, 3.8) is 0 Å². The summed E-state index contributed by atoms with van der Waals surface area (Å²) < 4.78 is 24.7. The molecule has 1 N–H and O–H groups in total. The number of nitrogens with zero attached hydrogens (tertiary/aromatic N) is 1. The van der Waals surface area contributed by atoms with Crippen molar-refractivity contribution in [1.29, 1.82) is 0 Å². The lowest BCUT2D eigenvalue weighted by Crippen LogP contribution is -2.46. The Morgan fingerprint density at radius 2 is 2.20 bits per heavy atom. The van der Waals surface area contributed by atoms with E-state index >= 15 is 0 Å². The minimum atomic E-state index is -0.192. The van der Waals surface area contributed by atoms with E-state index in [1.807, 2.05) is 0 Å². The number of hydrogen-bond acceptors (Lipinski definition) is 4. The van der Waals surface area contributed by atoms with Gasteiger partial charge in [0.15, 0.2) is 0 Å². The fourth-order valence-electron chi connectivity index (χ4n) is 2.90. The number of morpholine rings is 1. The lowest BCUT2D eigenvalue weighted by atomic mass is 10.1. The second-order valence-electron chi connectivity index (χ2n) is 5.61. The summed E-state index contributed by atoms with van der Waals surface area (Å²) in [6, 6.07) is 4.74. The molecule has 0 saturated carbocycles. The monoisotopic (exact) mass is 280 g/mol.